The molecule has 1 aromatic carbocycles. The third-order valence-electron chi connectivity index (χ3n) is 3.72. The van der Waals surface area contributed by atoms with Gasteiger partial charge in [0.1, 0.15) is 12.6 Å². The number of ether oxygens (including phenoxy) is 1. The van der Waals surface area contributed by atoms with Gasteiger partial charge in [-0.05, 0) is 46.1 Å². The second kappa shape index (κ2) is 8.95. The van der Waals surface area contributed by atoms with Crippen molar-refractivity contribution in [2.24, 2.45) is 0 Å². The molecule has 1 aliphatic heterocycles. The van der Waals surface area contributed by atoms with E-state index < -0.39 is 13.8 Å². The Morgan fingerprint density at radius 3 is 2.32 bits per heavy atom. The zero-order valence-corrected chi connectivity index (χ0v) is 16.3. The van der Waals surface area contributed by atoms with Gasteiger partial charge in [0.05, 0.1) is 12.2 Å². The van der Waals surface area contributed by atoms with E-state index in [9.17, 15) is 9.36 Å². The third kappa shape index (κ3) is 5.65. The van der Waals surface area contributed by atoms with Crippen molar-refractivity contribution in [3.8, 4) is 0 Å². The summed E-state index contributed by atoms with van der Waals surface area (Å²) in [5, 5.41) is 0. The number of nitrogens with zero attached hydrogens (tertiary/aromatic N) is 1. The standard InChI is InChI=1S/C18H28NO5P/c1-14(2)23-25(21,24-15(3)4)19-12-8-11-17(19)18(20)22-13-16-9-6-5-7-10-16/h5-7,9-10,14-15,17H,8,11-13H2,1-4H3/t17-/m0/s1. The van der Waals surface area contributed by atoms with Crippen LogP contribution in [0.4, 0.5) is 0 Å². The van der Waals surface area contributed by atoms with Crippen LogP contribution in [0.15, 0.2) is 30.3 Å². The molecule has 0 amide bonds. The molecule has 0 unspecified atom stereocenters. The van der Waals surface area contributed by atoms with Gasteiger partial charge < -0.3 is 4.74 Å². The van der Waals surface area contributed by atoms with Crippen molar-refractivity contribution in [2.75, 3.05) is 6.54 Å². The van der Waals surface area contributed by atoms with E-state index in [-0.39, 0.29) is 24.8 Å². The average Bonchev–Trinajstić information content (AvgIpc) is 3.02. The molecule has 0 radical (unpaired) electrons. The number of esters is 1. The molecule has 1 atom stereocenters. The maximum Gasteiger partial charge on any atom is 0.409 e. The van der Waals surface area contributed by atoms with Gasteiger partial charge in [-0.3, -0.25) is 13.8 Å². The molecule has 0 aromatic heterocycles. The molecule has 1 fully saturated rings. The van der Waals surface area contributed by atoms with Crippen LogP contribution in [0.2, 0.25) is 0 Å². The Morgan fingerprint density at radius 2 is 1.76 bits per heavy atom. The Labute approximate surface area is 150 Å². The molecule has 1 heterocycles. The molecular weight excluding hydrogens is 341 g/mol. The van der Waals surface area contributed by atoms with Crippen molar-refractivity contribution in [3.05, 3.63) is 35.9 Å². The van der Waals surface area contributed by atoms with Gasteiger partial charge in [-0.15, -0.1) is 0 Å². The minimum Gasteiger partial charge on any atom is -0.460 e. The van der Waals surface area contributed by atoms with E-state index in [1.807, 2.05) is 30.3 Å². The van der Waals surface area contributed by atoms with Gasteiger partial charge in [-0.25, -0.2) is 4.57 Å². The first-order valence-corrected chi connectivity index (χ1v) is 10.3. The summed E-state index contributed by atoms with van der Waals surface area (Å²) in [7, 11) is -3.55. The number of carbonyl (C=O) groups is 1. The fourth-order valence-corrected chi connectivity index (χ4v) is 5.08. The lowest BCUT2D eigenvalue weighted by Gasteiger charge is -2.32. The van der Waals surface area contributed by atoms with Crippen molar-refractivity contribution in [2.45, 2.75) is 65.4 Å². The number of rotatable bonds is 8. The molecule has 25 heavy (non-hydrogen) atoms. The number of carbonyl (C=O) groups excluding carboxylic acids is 1. The molecule has 0 aliphatic carbocycles. The Balaban J connectivity index is 2.08. The summed E-state index contributed by atoms with van der Waals surface area (Å²) in [6, 6.07) is 8.89. The van der Waals surface area contributed by atoms with Crippen molar-refractivity contribution < 1.29 is 23.1 Å². The Hall–Kier alpha value is -1.20. The van der Waals surface area contributed by atoms with Gasteiger partial charge in [0.2, 0.25) is 0 Å². The average molecular weight is 369 g/mol. The molecule has 0 saturated carbocycles. The Morgan fingerprint density at radius 1 is 1.16 bits per heavy atom. The zero-order chi connectivity index (χ0) is 18.4. The molecular formula is C18H28NO5P. The van der Waals surface area contributed by atoms with Gasteiger partial charge in [0.15, 0.2) is 0 Å². The first-order valence-electron chi connectivity index (χ1n) is 8.76. The maximum atomic E-state index is 13.3. The van der Waals surface area contributed by atoms with Gasteiger partial charge in [0.25, 0.3) is 0 Å². The smallest absolute Gasteiger partial charge is 0.409 e. The van der Waals surface area contributed by atoms with Crippen LogP contribution < -0.4 is 0 Å². The van der Waals surface area contributed by atoms with Gasteiger partial charge in [-0.1, -0.05) is 30.3 Å². The summed E-state index contributed by atoms with van der Waals surface area (Å²) in [5.74, 6) is -0.388. The molecule has 0 bridgehead atoms. The van der Waals surface area contributed by atoms with Gasteiger partial charge in [0, 0.05) is 6.54 Å². The van der Waals surface area contributed by atoms with Crippen LogP contribution in [0.3, 0.4) is 0 Å². The van der Waals surface area contributed by atoms with E-state index in [4.69, 9.17) is 13.8 Å². The number of hydrogen-bond donors (Lipinski definition) is 0. The van der Waals surface area contributed by atoms with Crippen molar-refractivity contribution in [3.63, 3.8) is 0 Å². The highest BCUT2D eigenvalue weighted by Crippen LogP contribution is 2.57. The van der Waals surface area contributed by atoms with Crippen LogP contribution >= 0.6 is 7.75 Å². The van der Waals surface area contributed by atoms with Crippen molar-refractivity contribution in [1.29, 1.82) is 0 Å². The topological polar surface area (TPSA) is 65.1 Å². The lowest BCUT2D eigenvalue weighted by Crippen LogP contribution is -2.37. The van der Waals surface area contributed by atoms with Crippen LogP contribution in [0.1, 0.15) is 46.1 Å². The summed E-state index contributed by atoms with van der Waals surface area (Å²) in [4.78, 5) is 12.6. The summed E-state index contributed by atoms with van der Waals surface area (Å²) in [6.45, 7) is 7.89. The van der Waals surface area contributed by atoms with E-state index in [1.54, 1.807) is 32.4 Å². The molecule has 140 valence electrons. The number of benzene rings is 1. The van der Waals surface area contributed by atoms with Crippen LogP contribution in [0.25, 0.3) is 0 Å². The maximum absolute atomic E-state index is 13.3. The molecule has 0 N–H and O–H groups in total. The fraction of sp³-hybridized carbons (Fsp3) is 0.611. The van der Waals surface area contributed by atoms with E-state index >= 15 is 0 Å². The van der Waals surface area contributed by atoms with Gasteiger partial charge in [-0.2, -0.15) is 4.67 Å². The quantitative estimate of drug-likeness (QED) is 0.507. The van der Waals surface area contributed by atoms with E-state index in [0.717, 1.165) is 12.0 Å². The third-order valence-corrected chi connectivity index (χ3v) is 6.21. The van der Waals surface area contributed by atoms with Crippen molar-refractivity contribution in [1.82, 2.24) is 4.67 Å². The number of hydrogen-bond acceptors (Lipinski definition) is 5. The fourth-order valence-electron chi connectivity index (χ4n) is 2.79. The van der Waals surface area contributed by atoms with Crippen LogP contribution in [0, 0.1) is 0 Å². The molecule has 0 spiro atoms. The molecule has 7 heteroatoms. The minimum atomic E-state index is -3.55. The predicted octanol–water partition coefficient (Wildman–Crippen LogP) is 4.15. The highest BCUT2D eigenvalue weighted by atomic mass is 31.2. The second-order valence-electron chi connectivity index (χ2n) is 6.69. The van der Waals surface area contributed by atoms with E-state index in [1.165, 1.54) is 0 Å². The normalized spacial score (nSPS) is 18.9. The highest BCUT2D eigenvalue weighted by molar-refractivity contribution is 7.51. The SMILES string of the molecule is CC(C)OP(=O)(OC(C)C)N1CCC[C@H]1C(=O)OCc1ccccc1. The van der Waals surface area contributed by atoms with E-state index in [0.29, 0.717) is 13.0 Å². The molecule has 1 saturated heterocycles. The molecule has 2 rings (SSSR count). The predicted molar refractivity (Wildman–Crippen MR) is 96.0 cm³/mol. The molecule has 1 aromatic rings. The second-order valence-corrected chi connectivity index (χ2v) is 8.56. The lowest BCUT2D eigenvalue weighted by atomic mass is 10.2. The Kier molecular flexibility index (Phi) is 7.20. The first-order chi connectivity index (χ1) is 11.8. The Bertz CT molecular complexity index is 591. The molecule has 6 nitrogen and oxygen atoms in total. The largest absolute Gasteiger partial charge is 0.460 e. The van der Waals surface area contributed by atoms with Crippen LogP contribution in [-0.4, -0.2) is 35.4 Å². The van der Waals surface area contributed by atoms with E-state index in [2.05, 4.69) is 0 Å². The van der Waals surface area contributed by atoms with Crippen LogP contribution in [-0.2, 0) is 29.8 Å². The molecule has 1 aliphatic rings. The van der Waals surface area contributed by atoms with Crippen LogP contribution in [0.5, 0.6) is 0 Å². The summed E-state index contributed by atoms with van der Waals surface area (Å²) in [5.41, 5.74) is 0.917. The summed E-state index contributed by atoms with van der Waals surface area (Å²) >= 11 is 0. The zero-order valence-electron chi connectivity index (χ0n) is 15.4. The monoisotopic (exact) mass is 369 g/mol. The summed E-state index contributed by atoms with van der Waals surface area (Å²) < 4.78 is 31.5. The minimum absolute atomic E-state index is 0.199. The summed E-state index contributed by atoms with van der Waals surface area (Å²) in [6.07, 6.45) is 0.788. The van der Waals surface area contributed by atoms with Crippen molar-refractivity contribution >= 4 is 13.7 Å². The first kappa shape index (κ1) is 20.1. The lowest BCUT2D eigenvalue weighted by molar-refractivity contribution is -0.149. The van der Waals surface area contributed by atoms with Gasteiger partial charge >= 0.3 is 13.7 Å². The highest BCUT2D eigenvalue weighted by Gasteiger charge is 2.46.